The number of hydrogen-bond donors (Lipinski definition) is 1. The maximum Gasteiger partial charge on any atom is 0.263 e. The standard InChI is InChI=1S/C10H11BrF2N2OS/c11-9-14-5-7(17-9)8(16)15-6-1-3-10(12,13)4-2-6/h5-6H,1-4H2,(H,15,16). The zero-order valence-corrected chi connectivity index (χ0v) is 11.3. The minimum Gasteiger partial charge on any atom is -0.349 e. The van der Waals surface area contributed by atoms with Crippen LogP contribution in [0.5, 0.6) is 0 Å². The van der Waals surface area contributed by atoms with Crippen molar-refractivity contribution in [3.05, 3.63) is 15.0 Å². The highest BCUT2D eigenvalue weighted by molar-refractivity contribution is 9.11. The number of rotatable bonds is 2. The summed E-state index contributed by atoms with van der Waals surface area (Å²) in [5, 5.41) is 2.76. The average Bonchev–Trinajstić information content (AvgIpc) is 2.68. The Kier molecular flexibility index (Phi) is 3.77. The van der Waals surface area contributed by atoms with Gasteiger partial charge in [-0.2, -0.15) is 0 Å². The van der Waals surface area contributed by atoms with Gasteiger partial charge in [0.1, 0.15) is 4.88 Å². The van der Waals surface area contributed by atoms with E-state index in [0.717, 1.165) is 0 Å². The SMILES string of the molecule is O=C(NC1CCC(F)(F)CC1)c1cnc(Br)s1. The summed E-state index contributed by atoms with van der Waals surface area (Å²) >= 11 is 4.40. The van der Waals surface area contributed by atoms with Gasteiger partial charge in [-0.25, -0.2) is 13.8 Å². The van der Waals surface area contributed by atoms with E-state index in [1.165, 1.54) is 17.5 Å². The summed E-state index contributed by atoms with van der Waals surface area (Å²) in [4.78, 5) is 16.1. The van der Waals surface area contributed by atoms with Crippen molar-refractivity contribution >= 4 is 33.2 Å². The van der Waals surface area contributed by atoms with E-state index in [1.54, 1.807) is 0 Å². The molecule has 0 bridgehead atoms. The summed E-state index contributed by atoms with van der Waals surface area (Å²) in [6, 6.07) is -0.150. The molecule has 1 aliphatic rings. The first-order chi connectivity index (χ1) is 7.96. The molecule has 0 spiro atoms. The molecule has 1 aromatic heterocycles. The van der Waals surface area contributed by atoms with Gasteiger partial charge < -0.3 is 5.32 Å². The Labute approximate surface area is 110 Å². The molecule has 1 N–H and O–H groups in total. The van der Waals surface area contributed by atoms with E-state index >= 15 is 0 Å². The van der Waals surface area contributed by atoms with Gasteiger partial charge >= 0.3 is 0 Å². The Morgan fingerprint density at radius 2 is 2.18 bits per heavy atom. The van der Waals surface area contributed by atoms with E-state index in [-0.39, 0.29) is 24.8 Å². The van der Waals surface area contributed by atoms with Crippen LogP contribution in [0.4, 0.5) is 8.78 Å². The largest absolute Gasteiger partial charge is 0.349 e. The molecule has 0 aliphatic heterocycles. The molecule has 7 heteroatoms. The number of amides is 1. The number of halogens is 3. The van der Waals surface area contributed by atoms with E-state index < -0.39 is 5.92 Å². The Balaban J connectivity index is 1.88. The summed E-state index contributed by atoms with van der Waals surface area (Å²) in [5.41, 5.74) is 0. The summed E-state index contributed by atoms with van der Waals surface area (Å²) in [6.07, 6.45) is 1.84. The van der Waals surface area contributed by atoms with Crippen molar-refractivity contribution in [3.8, 4) is 0 Å². The van der Waals surface area contributed by atoms with Crippen molar-refractivity contribution in [1.29, 1.82) is 0 Å². The van der Waals surface area contributed by atoms with Crippen molar-refractivity contribution in [1.82, 2.24) is 10.3 Å². The number of aromatic nitrogens is 1. The fraction of sp³-hybridized carbons (Fsp3) is 0.600. The molecule has 1 heterocycles. The maximum atomic E-state index is 12.9. The van der Waals surface area contributed by atoms with Crippen LogP contribution in [-0.4, -0.2) is 22.9 Å². The van der Waals surface area contributed by atoms with Crippen molar-refractivity contribution in [2.45, 2.75) is 37.6 Å². The fourth-order valence-corrected chi connectivity index (χ4v) is 2.97. The van der Waals surface area contributed by atoms with Crippen LogP contribution in [-0.2, 0) is 0 Å². The molecule has 1 aromatic rings. The fourth-order valence-electron chi connectivity index (χ4n) is 1.80. The zero-order chi connectivity index (χ0) is 12.5. The van der Waals surface area contributed by atoms with Crippen molar-refractivity contribution in [2.75, 3.05) is 0 Å². The normalized spacial score (nSPS) is 20.2. The first-order valence-electron chi connectivity index (χ1n) is 5.26. The zero-order valence-electron chi connectivity index (χ0n) is 8.88. The highest BCUT2D eigenvalue weighted by atomic mass is 79.9. The van der Waals surface area contributed by atoms with Gasteiger partial charge in [-0.05, 0) is 28.8 Å². The summed E-state index contributed by atoms with van der Waals surface area (Å²) in [5.74, 6) is -2.79. The predicted molar refractivity (Wildman–Crippen MR) is 64.5 cm³/mol. The topological polar surface area (TPSA) is 42.0 Å². The highest BCUT2D eigenvalue weighted by Gasteiger charge is 2.35. The van der Waals surface area contributed by atoms with Crippen LogP contribution in [0.1, 0.15) is 35.4 Å². The molecule has 1 amide bonds. The molecule has 0 radical (unpaired) electrons. The average molecular weight is 325 g/mol. The third-order valence-electron chi connectivity index (χ3n) is 2.75. The number of carbonyl (C=O) groups excluding carboxylic acids is 1. The lowest BCUT2D eigenvalue weighted by Gasteiger charge is -2.28. The van der Waals surface area contributed by atoms with Crippen LogP contribution in [0.25, 0.3) is 0 Å². The minimum absolute atomic E-state index is 0.148. The molecule has 17 heavy (non-hydrogen) atoms. The van der Waals surface area contributed by atoms with Gasteiger partial charge in [0.2, 0.25) is 5.92 Å². The van der Waals surface area contributed by atoms with Crippen molar-refractivity contribution < 1.29 is 13.6 Å². The lowest BCUT2D eigenvalue weighted by atomic mass is 9.92. The number of carbonyl (C=O) groups is 1. The number of nitrogens with zero attached hydrogens (tertiary/aromatic N) is 1. The molecule has 0 aromatic carbocycles. The van der Waals surface area contributed by atoms with Crippen LogP contribution in [0, 0.1) is 0 Å². The Hall–Kier alpha value is -0.560. The first kappa shape index (κ1) is 12.9. The van der Waals surface area contributed by atoms with Crippen LogP contribution >= 0.6 is 27.3 Å². The third-order valence-corrected chi connectivity index (χ3v) is 4.23. The van der Waals surface area contributed by atoms with Gasteiger partial charge in [0.25, 0.3) is 5.91 Å². The quantitative estimate of drug-likeness (QED) is 0.907. The molecule has 0 atom stereocenters. The summed E-state index contributed by atoms with van der Waals surface area (Å²) in [6.45, 7) is 0. The van der Waals surface area contributed by atoms with Gasteiger partial charge in [0.15, 0.2) is 3.92 Å². The van der Waals surface area contributed by atoms with Crippen LogP contribution in [0.3, 0.4) is 0 Å². The molecule has 0 saturated heterocycles. The third kappa shape index (κ3) is 3.45. The maximum absolute atomic E-state index is 12.9. The number of thiazole rings is 1. The van der Waals surface area contributed by atoms with Crippen LogP contribution < -0.4 is 5.32 Å². The molecule has 1 fully saturated rings. The number of alkyl halides is 2. The Morgan fingerprint density at radius 3 is 2.71 bits per heavy atom. The van der Waals surface area contributed by atoms with Gasteiger partial charge in [0.05, 0.1) is 6.20 Å². The van der Waals surface area contributed by atoms with Gasteiger partial charge in [-0.1, -0.05) is 0 Å². The van der Waals surface area contributed by atoms with Gasteiger partial charge in [0, 0.05) is 18.9 Å². The molecule has 1 aliphatic carbocycles. The van der Waals surface area contributed by atoms with E-state index in [4.69, 9.17) is 0 Å². The molecular formula is C10H11BrF2N2OS. The summed E-state index contributed by atoms with van der Waals surface area (Å²) in [7, 11) is 0. The van der Waals surface area contributed by atoms with E-state index in [1.807, 2.05) is 0 Å². The predicted octanol–water partition coefficient (Wildman–Crippen LogP) is 3.21. The van der Waals surface area contributed by atoms with Crippen LogP contribution in [0.15, 0.2) is 10.1 Å². The lowest BCUT2D eigenvalue weighted by Crippen LogP contribution is -2.40. The molecule has 2 rings (SSSR count). The molecule has 1 saturated carbocycles. The van der Waals surface area contributed by atoms with Crippen molar-refractivity contribution in [3.63, 3.8) is 0 Å². The smallest absolute Gasteiger partial charge is 0.263 e. The Morgan fingerprint density at radius 1 is 1.53 bits per heavy atom. The molecule has 0 unspecified atom stereocenters. The van der Waals surface area contributed by atoms with E-state index in [2.05, 4.69) is 26.2 Å². The lowest BCUT2D eigenvalue weighted by molar-refractivity contribution is -0.0399. The second-order valence-corrected chi connectivity index (χ2v) is 6.39. The molecular weight excluding hydrogens is 314 g/mol. The molecule has 3 nitrogen and oxygen atoms in total. The molecule has 94 valence electrons. The minimum atomic E-state index is -2.56. The number of hydrogen-bond acceptors (Lipinski definition) is 3. The number of nitrogens with one attached hydrogen (secondary N) is 1. The van der Waals surface area contributed by atoms with Gasteiger partial charge in [-0.15, -0.1) is 11.3 Å². The monoisotopic (exact) mass is 324 g/mol. The van der Waals surface area contributed by atoms with Crippen LogP contribution in [0.2, 0.25) is 0 Å². The second-order valence-electron chi connectivity index (χ2n) is 4.08. The van der Waals surface area contributed by atoms with E-state index in [0.29, 0.717) is 21.6 Å². The highest BCUT2D eigenvalue weighted by Crippen LogP contribution is 2.33. The van der Waals surface area contributed by atoms with Crippen molar-refractivity contribution in [2.24, 2.45) is 0 Å². The first-order valence-corrected chi connectivity index (χ1v) is 6.87. The second kappa shape index (κ2) is 4.97. The Bertz CT molecular complexity index is 414. The summed E-state index contributed by atoms with van der Waals surface area (Å²) < 4.78 is 26.5. The van der Waals surface area contributed by atoms with Gasteiger partial charge in [-0.3, -0.25) is 4.79 Å². The van der Waals surface area contributed by atoms with E-state index in [9.17, 15) is 13.6 Å².